The van der Waals surface area contributed by atoms with Crippen LogP contribution in [-0.4, -0.2) is 36.9 Å². The molecular formula is C16H21NO5. The average molecular weight is 307 g/mol. The molecule has 0 aromatic heterocycles. The molecule has 0 unspecified atom stereocenters. The number of carbonyl (C=O) groups is 3. The third-order valence-electron chi connectivity index (χ3n) is 2.88. The van der Waals surface area contributed by atoms with Gasteiger partial charge in [-0.05, 0) is 38.1 Å². The fraction of sp³-hybridized carbons (Fsp3) is 0.438. The van der Waals surface area contributed by atoms with Gasteiger partial charge in [-0.15, -0.1) is 0 Å². The van der Waals surface area contributed by atoms with E-state index in [1.165, 1.54) is 6.92 Å². The van der Waals surface area contributed by atoms with E-state index in [1.54, 1.807) is 38.1 Å². The maximum Gasteiger partial charge on any atom is 0.344 e. The van der Waals surface area contributed by atoms with Crippen molar-refractivity contribution in [2.24, 2.45) is 0 Å². The fourth-order valence-corrected chi connectivity index (χ4v) is 1.69. The lowest BCUT2D eigenvalue weighted by Crippen LogP contribution is -2.36. The third kappa shape index (κ3) is 5.55. The summed E-state index contributed by atoms with van der Waals surface area (Å²) in [5.74, 6) is -0.484. The van der Waals surface area contributed by atoms with Crippen molar-refractivity contribution in [2.75, 3.05) is 13.2 Å². The van der Waals surface area contributed by atoms with Crippen molar-refractivity contribution in [3.8, 4) is 5.75 Å². The van der Waals surface area contributed by atoms with Crippen molar-refractivity contribution in [2.45, 2.75) is 33.3 Å². The smallest absolute Gasteiger partial charge is 0.344 e. The SMILES string of the molecule is CCNC(=O)[C@H](C)OC(=O)COc1ccc(C(=O)CC)cc1. The Bertz CT molecular complexity index is 524. The summed E-state index contributed by atoms with van der Waals surface area (Å²) in [5.41, 5.74) is 0.599. The Morgan fingerprint density at radius 2 is 1.77 bits per heavy atom. The summed E-state index contributed by atoms with van der Waals surface area (Å²) in [4.78, 5) is 34.5. The minimum atomic E-state index is -0.861. The normalized spacial score (nSPS) is 11.4. The van der Waals surface area contributed by atoms with Gasteiger partial charge in [0.1, 0.15) is 5.75 Å². The molecule has 0 saturated carbocycles. The Hall–Kier alpha value is -2.37. The highest BCUT2D eigenvalue weighted by Gasteiger charge is 2.17. The third-order valence-corrected chi connectivity index (χ3v) is 2.88. The molecule has 0 aliphatic carbocycles. The van der Waals surface area contributed by atoms with Crippen molar-refractivity contribution in [1.82, 2.24) is 5.32 Å². The summed E-state index contributed by atoms with van der Waals surface area (Å²) in [5, 5.41) is 2.56. The van der Waals surface area contributed by atoms with Crippen molar-refractivity contribution < 1.29 is 23.9 Å². The van der Waals surface area contributed by atoms with Gasteiger partial charge in [0, 0.05) is 18.5 Å². The maximum atomic E-state index is 11.6. The number of rotatable bonds is 8. The minimum Gasteiger partial charge on any atom is -0.482 e. The molecule has 1 N–H and O–H groups in total. The van der Waals surface area contributed by atoms with Crippen LogP contribution in [-0.2, 0) is 14.3 Å². The zero-order valence-electron chi connectivity index (χ0n) is 13.0. The number of ether oxygens (including phenoxy) is 2. The predicted molar refractivity (Wildman–Crippen MR) is 80.8 cm³/mol. The van der Waals surface area contributed by atoms with Crippen LogP contribution in [0, 0.1) is 0 Å². The number of Topliss-reactive ketones (excluding diaryl/α,β-unsaturated/α-hetero) is 1. The van der Waals surface area contributed by atoms with Crippen LogP contribution in [0.25, 0.3) is 0 Å². The molecule has 0 aliphatic heterocycles. The maximum absolute atomic E-state index is 11.6. The molecule has 0 saturated heterocycles. The first-order valence-corrected chi connectivity index (χ1v) is 7.21. The van der Waals surface area contributed by atoms with Gasteiger partial charge in [0.25, 0.3) is 5.91 Å². The molecule has 6 heteroatoms. The predicted octanol–water partition coefficient (Wildman–Crippen LogP) is 1.73. The summed E-state index contributed by atoms with van der Waals surface area (Å²) in [6.45, 7) is 5.24. The van der Waals surface area contributed by atoms with Crippen molar-refractivity contribution in [1.29, 1.82) is 0 Å². The lowest BCUT2D eigenvalue weighted by Gasteiger charge is -2.13. The molecule has 6 nitrogen and oxygen atoms in total. The minimum absolute atomic E-state index is 0.0433. The van der Waals surface area contributed by atoms with Gasteiger partial charge in [0.15, 0.2) is 18.5 Å². The van der Waals surface area contributed by atoms with Crippen LogP contribution in [0.5, 0.6) is 5.75 Å². The number of benzene rings is 1. The molecule has 0 bridgehead atoms. The number of hydrogen-bond acceptors (Lipinski definition) is 5. The number of hydrogen-bond donors (Lipinski definition) is 1. The second-order valence-corrected chi connectivity index (χ2v) is 4.62. The van der Waals surface area contributed by atoms with Gasteiger partial charge in [-0.3, -0.25) is 9.59 Å². The van der Waals surface area contributed by atoms with Gasteiger partial charge in [0.2, 0.25) is 0 Å². The molecule has 0 aliphatic rings. The Balaban J connectivity index is 2.44. The average Bonchev–Trinajstić information content (AvgIpc) is 2.52. The van der Waals surface area contributed by atoms with Crippen LogP contribution in [0.4, 0.5) is 0 Å². The molecule has 1 rings (SSSR count). The zero-order valence-corrected chi connectivity index (χ0v) is 13.0. The number of amides is 1. The molecule has 0 spiro atoms. The van der Waals surface area contributed by atoms with E-state index in [0.717, 1.165) is 0 Å². The van der Waals surface area contributed by atoms with E-state index in [9.17, 15) is 14.4 Å². The van der Waals surface area contributed by atoms with E-state index in [4.69, 9.17) is 9.47 Å². The zero-order chi connectivity index (χ0) is 16.5. The Morgan fingerprint density at radius 3 is 2.32 bits per heavy atom. The van der Waals surface area contributed by atoms with Gasteiger partial charge >= 0.3 is 5.97 Å². The summed E-state index contributed by atoms with van der Waals surface area (Å²) in [6, 6.07) is 6.51. The van der Waals surface area contributed by atoms with Gasteiger partial charge in [-0.2, -0.15) is 0 Å². The number of ketones is 1. The lowest BCUT2D eigenvalue weighted by atomic mass is 10.1. The topological polar surface area (TPSA) is 81.7 Å². The van der Waals surface area contributed by atoms with Gasteiger partial charge in [-0.1, -0.05) is 6.92 Å². The van der Waals surface area contributed by atoms with Crippen LogP contribution < -0.4 is 10.1 Å². The number of likely N-dealkylation sites (N-methyl/N-ethyl adjacent to an activating group) is 1. The second-order valence-electron chi connectivity index (χ2n) is 4.62. The van der Waals surface area contributed by atoms with Crippen molar-refractivity contribution in [3.05, 3.63) is 29.8 Å². The first-order valence-electron chi connectivity index (χ1n) is 7.21. The van der Waals surface area contributed by atoms with Gasteiger partial charge in [0.05, 0.1) is 0 Å². The van der Waals surface area contributed by atoms with E-state index >= 15 is 0 Å². The molecule has 0 radical (unpaired) electrons. The van der Waals surface area contributed by atoms with Gasteiger partial charge in [-0.25, -0.2) is 4.79 Å². The van der Waals surface area contributed by atoms with E-state index in [2.05, 4.69) is 5.32 Å². The lowest BCUT2D eigenvalue weighted by molar-refractivity contribution is -0.156. The molecule has 1 aromatic rings. The van der Waals surface area contributed by atoms with E-state index in [1.807, 2.05) is 0 Å². The highest BCUT2D eigenvalue weighted by atomic mass is 16.6. The Kier molecular flexibility index (Phi) is 7.08. The second kappa shape index (κ2) is 8.81. The Morgan fingerprint density at radius 1 is 1.14 bits per heavy atom. The van der Waals surface area contributed by atoms with E-state index in [0.29, 0.717) is 24.3 Å². The monoisotopic (exact) mass is 307 g/mol. The van der Waals surface area contributed by atoms with Crippen LogP contribution >= 0.6 is 0 Å². The number of carbonyl (C=O) groups excluding carboxylic acids is 3. The highest BCUT2D eigenvalue weighted by Crippen LogP contribution is 2.13. The van der Waals surface area contributed by atoms with Crippen molar-refractivity contribution in [3.63, 3.8) is 0 Å². The molecular weight excluding hydrogens is 286 g/mol. The Labute approximate surface area is 129 Å². The first-order chi connectivity index (χ1) is 10.5. The van der Waals surface area contributed by atoms with Crippen LogP contribution in [0.3, 0.4) is 0 Å². The van der Waals surface area contributed by atoms with Crippen LogP contribution in [0.2, 0.25) is 0 Å². The molecule has 0 fully saturated rings. The largest absolute Gasteiger partial charge is 0.482 e. The standard InChI is InChI=1S/C16H21NO5/c1-4-14(18)12-6-8-13(9-7-12)21-10-15(19)22-11(3)16(20)17-5-2/h6-9,11H,4-5,10H2,1-3H3,(H,17,20)/t11-/m0/s1. The number of esters is 1. The quantitative estimate of drug-likeness (QED) is 0.584. The molecule has 1 atom stereocenters. The summed E-state index contributed by atoms with van der Waals surface area (Å²) >= 11 is 0. The van der Waals surface area contributed by atoms with Crippen LogP contribution in [0.1, 0.15) is 37.6 Å². The van der Waals surface area contributed by atoms with Crippen molar-refractivity contribution >= 4 is 17.7 Å². The van der Waals surface area contributed by atoms with Gasteiger partial charge < -0.3 is 14.8 Å². The molecule has 0 heterocycles. The molecule has 1 amide bonds. The summed E-state index contributed by atoms with van der Waals surface area (Å²) in [7, 11) is 0. The first kappa shape index (κ1) is 17.7. The van der Waals surface area contributed by atoms with E-state index in [-0.39, 0.29) is 18.3 Å². The summed E-state index contributed by atoms with van der Waals surface area (Å²) < 4.78 is 10.2. The number of nitrogens with one attached hydrogen (secondary N) is 1. The highest BCUT2D eigenvalue weighted by molar-refractivity contribution is 5.95. The van der Waals surface area contributed by atoms with Crippen LogP contribution in [0.15, 0.2) is 24.3 Å². The fourth-order valence-electron chi connectivity index (χ4n) is 1.69. The van der Waals surface area contributed by atoms with E-state index < -0.39 is 12.1 Å². The summed E-state index contributed by atoms with van der Waals surface area (Å²) in [6.07, 6.45) is -0.426. The molecule has 1 aromatic carbocycles. The molecule has 120 valence electrons. The molecule has 22 heavy (non-hydrogen) atoms.